The van der Waals surface area contributed by atoms with Gasteiger partial charge in [0.05, 0.1) is 23.7 Å². The van der Waals surface area contributed by atoms with Gasteiger partial charge in [-0.3, -0.25) is 14.3 Å². The number of rotatable bonds is 6. The fourth-order valence-corrected chi connectivity index (χ4v) is 5.03. The average Bonchev–Trinajstić information content (AvgIpc) is 3.60. The number of aryl methyl sites for hydroxylation is 3. The smallest absolute Gasteiger partial charge is 0.433 e. The van der Waals surface area contributed by atoms with Crippen molar-refractivity contribution < 1.29 is 32.3 Å². The Labute approximate surface area is 256 Å². The standard InChI is InChI=1S/C30H33F3N8O4/c1-6-45-29(44)39-11-9-38(10-12-39)28(43)20(5)40-16-24(19(4)36-40)35-27(42)23-15-26-34-22(21-8-7-17(2)18(3)13-21)14-25(30(31,32)33)41(26)37-23/h7-8,13-16,20H,6,9-12H2,1-5H3,(H,35,42). The monoisotopic (exact) mass is 626 g/mol. The number of carbonyl (C=O) groups is 3. The molecule has 4 heterocycles. The number of carbonyl (C=O) groups excluding carboxylic acids is 3. The fraction of sp³-hybridized carbons (Fsp3) is 0.400. The normalized spacial score (nSPS) is 14.5. The molecule has 0 spiro atoms. The van der Waals surface area contributed by atoms with E-state index in [1.807, 2.05) is 19.9 Å². The molecule has 0 saturated carbocycles. The van der Waals surface area contributed by atoms with Gasteiger partial charge in [-0.05, 0) is 57.9 Å². The molecule has 3 aromatic heterocycles. The van der Waals surface area contributed by atoms with Crippen molar-refractivity contribution in [2.24, 2.45) is 0 Å². The second-order valence-electron chi connectivity index (χ2n) is 10.9. The summed E-state index contributed by atoms with van der Waals surface area (Å²) in [6, 6.07) is 6.64. The zero-order valence-corrected chi connectivity index (χ0v) is 25.5. The molecule has 15 heteroatoms. The zero-order valence-electron chi connectivity index (χ0n) is 25.5. The van der Waals surface area contributed by atoms with Crippen molar-refractivity contribution in [1.29, 1.82) is 0 Å². The first-order valence-corrected chi connectivity index (χ1v) is 14.4. The molecule has 1 aliphatic rings. The maximum atomic E-state index is 14.1. The van der Waals surface area contributed by atoms with Crippen LogP contribution in [0.4, 0.5) is 23.7 Å². The number of nitrogens with zero attached hydrogens (tertiary/aromatic N) is 7. The Kier molecular flexibility index (Phi) is 8.54. The molecular formula is C30H33F3N8O4. The molecule has 238 valence electrons. The molecule has 0 radical (unpaired) electrons. The number of hydrogen-bond acceptors (Lipinski definition) is 7. The van der Waals surface area contributed by atoms with Gasteiger partial charge in [0, 0.05) is 44.0 Å². The fourth-order valence-electron chi connectivity index (χ4n) is 5.03. The number of nitrogens with one attached hydrogen (secondary N) is 1. The van der Waals surface area contributed by atoms with E-state index in [1.54, 1.807) is 42.7 Å². The van der Waals surface area contributed by atoms with Crippen LogP contribution in [0.1, 0.15) is 52.9 Å². The summed E-state index contributed by atoms with van der Waals surface area (Å²) in [5, 5.41) is 10.9. The maximum absolute atomic E-state index is 14.1. The van der Waals surface area contributed by atoms with Gasteiger partial charge in [0.15, 0.2) is 17.0 Å². The van der Waals surface area contributed by atoms with Crippen LogP contribution in [0.25, 0.3) is 16.9 Å². The van der Waals surface area contributed by atoms with Gasteiger partial charge in [-0.2, -0.15) is 23.4 Å². The lowest BCUT2D eigenvalue weighted by Gasteiger charge is -2.35. The van der Waals surface area contributed by atoms with Crippen LogP contribution < -0.4 is 5.32 Å². The minimum Gasteiger partial charge on any atom is -0.450 e. The molecule has 1 unspecified atom stereocenters. The lowest BCUT2D eigenvalue weighted by Crippen LogP contribution is -2.52. The molecule has 1 N–H and O–H groups in total. The summed E-state index contributed by atoms with van der Waals surface area (Å²) >= 11 is 0. The summed E-state index contributed by atoms with van der Waals surface area (Å²) in [4.78, 5) is 45.8. The Bertz CT molecular complexity index is 1770. The van der Waals surface area contributed by atoms with Gasteiger partial charge in [-0.25, -0.2) is 14.3 Å². The van der Waals surface area contributed by atoms with Crippen LogP contribution >= 0.6 is 0 Å². The number of halogens is 3. The number of aromatic nitrogens is 5. The first kappa shape index (κ1) is 31.5. The molecule has 1 aromatic carbocycles. The lowest BCUT2D eigenvalue weighted by molar-refractivity contribution is -0.142. The predicted octanol–water partition coefficient (Wildman–Crippen LogP) is 4.65. The Morgan fingerprint density at radius 1 is 0.978 bits per heavy atom. The van der Waals surface area contributed by atoms with Crippen molar-refractivity contribution in [1.82, 2.24) is 34.2 Å². The number of hydrogen-bond donors (Lipinski definition) is 1. The van der Waals surface area contributed by atoms with E-state index in [1.165, 1.54) is 16.9 Å². The van der Waals surface area contributed by atoms with Gasteiger partial charge in [0.25, 0.3) is 5.91 Å². The van der Waals surface area contributed by atoms with Crippen LogP contribution in [0.3, 0.4) is 0 Å². The van der Waals surface area contributed by atoms with Gasteiger partial charge >= 0.3 is 12.3 Å². The second kappa shape index (κ2) is 12.2. The maximum Gasteiger partial charge on any atom is 0.433 e. The third-order valence-corrected chi connectivity index (χ3v) is 7.79. The molecule has 5 rings (SSSR count). The van der Waals surface area contributed by atoms with Crippen LogP contribution in [0, 0.1) is 20.8 Å². The van der Waals surface area contributed by atoms with E-state index < -0.39 is 29.9 Å². The van der Waals surface area contributed by atoms with Crippen LogP contribution in [-0.2, 0) is 15.7 Å². The Morgan fingerprint density at radius 2 is 1.67 bits per heavy atom. The molecule has 1 saturated heterocycles. The van der Waals surface area contributed by atoms with Crippen LogP contribution in [-0.4, -0.2) is 84.9 Å². The third kappa shape index (κ3) is 6.47. The minimum absolute atomic E-state index is 0.0999. The van der Waals surface area contributed by atoms with E-state index in [0.29, 0.717) is 42.0 Å². The summed E-state index contributed by atoms with van der Waals surface area (Å²) in [5.74, 6) is -0.984. The quantitative estimate of drug-likeness (QED) is 0.330. The largest absolute Gasteiger partial charge is 0.450 e. The number of fused-ring (bicyclic) bond motifs is 1. The third-order valence-electron chi connectivity index (χ3n) is 7.79. The highest BCUT2D eigenvalue weighted by Crippen LogP contribution is 2.33. The Hall–Kier alpha value is -4.95. The van der Waals surface area contributed by atoms with Crippen molar-refractivity contribution in [3.05, 3.63) is 64.7 Å². The summed E-state index contributed by atoms with van der Waals surface area (Å²) in [7, 11) is 0. The SMILES string of the molecule is CCOC(=O)N1CCN(C(=O)C(C)n2cc(NC(=O)c3cc4nc(-c5ccc(C)c(C)c5)cc(C(F)(F)F)n4n3)c(C)n2)CC1. The molecule has 0 aliphatic carbocycles. The van der Waals surface area contributed by atoms with Crippen molar-refractivity contribution in [3.8, 4) is 11.3 Å². The topological polar surface area (TPSA) is 127 Å². The summed E-state index contributed by atoms with van der Waals surface area (Å²) in [5.41, 5.74) is 1.67. The van der Waals surface area contributed by atoms with Crippen molar-refractivity contribution in [2.45, 2.75) is 46.8 Å². The number of piperazine rings is 1. The van der Waals surface area contributed by atoms with Gasteiger partial charge in [0.2, 0.25) is 5.91 Å². The Morgan fingerprint density at radius 3 is 2.31 bits per heavy atom. The molecule has 12 nitrogen and oxygen atoms in total. The van der Waals surface area contributed by atoms with Gasteiger partial charge < -0.3 is 19.9 Å². The summed E-state index contributed by atoms with van der Waals surface area (Å²) in [6.07, 6.45) is -3.70. The molecule has 45 heavy (non-hydrogen) atoms. The van der Waals surface area contributed by atoms with Gasteiger partial charge in [-0.15, -0.1) is 0 Å². The van der Waals surface area contributed by atoms with Gasteiger partial charge in [-0.1, -0.05) is 12.1 Å². The molecule has 1 aliphatic heterocycles. The van der Waals surface area contributed by atoms with Crippen molar-refractivity contribution >= 4 is 29.2 Å². The highest BCUT2D eigenvalue weighted by molar-refractivity contribution is 6.03. The zero-order chi connectivity index (χ0) is 32.6. The highest BCUT2D eigenvalue weighted by atomic mass is 19.4. The molecule has 1 fully saturated rings. The first-order chi connectivity index (χ1) is 21.3. The molecule has 0 bridgehead atoms. The van der Waals surface area contributed by atoms with Crippen LogP contribution in [0.15, 0.2) is 36.5 Å². The molecular weight excluding hydrogens is 593 g/mol. The number of benzene rings is 1. The minimum atomic E-state index is -4.76. The molecule has 3 amide bonds. The number of amides is 3. The number of anilines is 1. The summed E-state index contributed by atoms with van der Waals surface area (Å²) < 4.78 is 49.3. The second-order valence-corrected chi connectivity index (χ2v) is 10.9. The van der Waals surface area contributed by atoms with Gasteiger partial charge in [0.1, 0.15) is 6.04 Å². The highest BCUT2D eigenvalue weighted by Gasteiger charge is 2.36. The van der Waals surface area contributed by atoms with Crippen LogP contribution in [0.2, 0.25) is 0 Å². The van der Waals surface area contributed by atoms with Crippen molar-refractivity contribution in [3.63, 3.8) is 0 Å². The number of ether oxygens (including phenoxy) is 1. The Balaban J connectivity index is 1.34. The van der Waals surface area contributed by atoms with E-state index >= 15 is 0 Å². The molecule has 4 aromatic rings. The van der Waals surface area contributed by atoms with E-state index in [4.69, 9.17) is 4.74 Å². The van der Waals surface area contributed by atoms with Crippen LogP contribution in [0.5, 0.6) is 0 Å². The molecule has 1 atom stereocenters. The predicted molar refractivity (Wildman–Crippen MR) is 158 cm³/mol. The summed E-state index contributed by atoms with van der Waals surface area (Å²) in [6.45, 7) is 10.4. The number of alkyl halides is 3. The van der Waals surface area contributed by atoms with E-state index in [9.17, 15) is 27.6 Å². The van der Waals surface area contributed by atoms with E-state index in [0.717, 1.165) is 17.2 Å². The first-order valence-electron chi connectivity index (χ1n) is 14.4. The van der Waals surface area contributed by atoms with Crippen molar-refractivity contribution in [2.75, 3.05) is 38.1 Å². The average molecular weight is 627 g/mol. The lowest BCUT2D eigenvalue weighted by atomic mass is 10.0. The van der Waals surface area contributed by atoms with E-state index in [-0.39, 0.29) is 35.2 Å². The van der Waals surface area contributed by atoms with E-state index in [2.05, 4.69) is 20.5 Å².